The van der Waals surface area contributed by atoms with Crippen LogP contribution < -0.4 is 4.74 Å². The van der Waals surface area contributed by atoms with Crippen molar-refractivity contribution in [2.24, 2.45) is 0 Å². The van der Waals surface area contributed by atoms with E-state index >= 15 is 0 Å². The number of hydrogen-bond donors (Lipinski definition) is 2. The number of aromatic hydroxyl groups is 1. The van der Waals surface area contributed by atoms with Gasteiger partial charge >= 0.3 is 0 Å². The van der Waals surface area contributed by atoms with Gasteiger partial charge in [-0.1, -0.05) is 64.0 Å². The number of hydrogen-bond acceptors (Lipinski definition) is 4. The quantitative estimate of drug-likeness (QED) is 0.328. The van der Waals surface area contributed by atoms with Crippen LogP contribution in [-0.4, -0.2) is 18.1 Å². The van der Waals surface area contributed by atoms with Gasteiger partial charge in [-0.25, -0.2) is 0 Å². The molecular formula is C22H30O5S. The summed E-state index contributed by atoms with van der Waals surface area (Å²) in [6.07, 6.45) is 11.4. The van der Waals surface area contributed by atoms with E-state index in [1.807, 2.05) is 24.3 Å². The Morgan fingerprint density at radius 2 is 1.39 bits per heavy atom. The van der Waals surface area contributed by atoms with Crippen LogP contribution in [0, 0.1) is 0 Å². The fourth-order valence-electron chi connectivity index (χ4n) is 3.10. The van der Waals surface area contributed by atoms with Crippen molar-refractivity contribution in [2.45, 2.75) is 69.6 Å². The van der Waals surface area contributed by atoms with E-state index in [2.05, 4.69) is 6.92 Å². The van der Waals surface area contributed by atoms with Crippen molar-refractivity contribution in [1.29, 1.82) is 0 Å². The van der Waals surface area contributed by atoms with Crippen molar-refractivity contribution in [3.63, 3.8) is 0 Å². The Hall–Kier alpha value is -2.05. The average molecular weight is 407 g/mol. The number of phenols is 1. The molecule has 0 aliphatic carbocycles. The number of phenolic OH excluding ortho intramolecular Hbond substituents is 1. The molecule has 0 saturated carbocycles. The molecule has 0 amide bonds. The summed E-state index contributed by atoms with van der Waals surface area (Å²) < 4.78 is 36.8. The molecule has 6 heteroatoms. The zero-order valence-electron chi connectivity index (χ0n) is 16.4. The van der Waals surface area contributed by atoms with E-state index in [1.54, 1.807) is 0 Å². The van der Waals surface area contributed by atoms with Crippen LogP contribution in [0.3, 0.4) is 0 Å². The summed E-state index contributed by atoms with van der Waals surface area (Å²) >= 11 is 0. The molecule has 0 radical (unpaired) electrons. The number of unbranched alkanes of at least 4 members (excludes halogenated alkanes) is 7. The van der Waals surface area contributed by atoms with Crippen LogP contribution in [0.5, 0.6) is 17.2 Å². The molecule has 0 aliphatic rings. The van der Waals surface area contributed by atoms with Gasteiger partial charge in [0.2, 0.25) is 0 Å². The summed E-state index contributed by atoms with van der Waals surface area (Å²) in [5.41, 5.74) is 1.25. The van der Waals surface area contributed by atoms with Crippen molar-refractivity contribution in [1.82, 2.24) is 0 Å². The lowest BCUT2D eigenvalue weighted by Crippen LogP contribution is -1.98. The molecule has 0 saturated heterocycles. The highest BCUT2D eigenvalue weighted by atomic mass is 32.2. The van der Waals surface area contributed by atoms with Crippen LogP contribution in [-0.2, 0) is 16.5 Å². The molecule has 2 aromatic carbocycles. The Bertz CT molecular complexity index is 829. The van der Waals surface area contributed by atoms with Gasteiger partial charge in [0.05, 0.1) is 0 Å². The van der Waals surface area contributed by atoms with Crippen LogP contribution in [0.4, 0.5) is 0 Å². The Kier molecular flexibility index (Phi) is 8.80. The molecule has 0 aromatic heterocycles. The summed E-state index contributed by atoms with van der Waals surface area (Å²) in [6.45, 7) is 2.24. The van der Waals surface area contributed by atoms with Crippen LogP contribution in [0.2, 0.25) is 0 Å². The maximum atomic E-state index is 11.1. The maximum Gasteiger partial charge on any atom is 0.298 e. The summed E-state index contributed by atoms with van der Waals surface area (Å²) in [6, 6.07) is 11.4. The number of ether oxygens (including phenoxy) is 1. The lowest BCUT2D eigenvalue weighted by Gasteiger charge is -2.09. The molecule has 0 fully saturated rings. The third-order valence-corrected chi connectivity index (χ3v) is 5.59. The SMILES string of the molecule is CCCCCCCCCCc1ccc(Oc2ccc(S(=O)(=O)O)c(O)c2)cc1. The van der Waals surface area contributed by atoms with Crippen LogP contribution in [0.1, 0.15) is 63.9 Å². The normalized spacial score (nSPS) is 11.5. The molecule has 0 spiro atoms. The molecule has 0 aliphatic heterocycles. The van der Waals surface area contributed by atoms with E-state index in [-0.39, 0.29) is 0 Å². The first-order valence-electron chi connectivity index (χ1n) is 9.97. The monoisotopic (exact) mass is 406 g/mol. The standard InChI is InChI=1S/C22H30O5S/c1-2-3-4-5-6-7-8-9-10-18-11-13-19(14-12-18)27-20-15-16-22(21(23)17-20)28(24,25)26/h11-17,23H,2-10H2,1H3,(H,24,25,26). The number of aryl methyl sites for hydroxylation is 1. The van der Waals surface area contributed by atoms with Gasteiger partial charge in [-0.3, -0.25) is 4.55 Å². The van der Waals surface area contributed by atoms with E-state index < -0.39 is 20.8 Å². The molecule has 2 rings (SSSR count). The van der Waals surface area contributed by atoms with Crippen molar-refractivity contribution >= 4 is 10.1 Å². The Morgan fingerprint density at radius 3 is 1.96 bits per heavy atom. The molecule has 2 N–H and O–H groups in total. The fraction of sp³-hybridized carbons (Fsp3) is 0.455. The second-order valence-electron chi connectivity index (χ2n) is 7.08. The third kappa shape index (κ3) is 7.52. The van der Waals surface area contributed by atoms with Gasteiger partial charge in [0.15, 0.2) is 0 Å². The maximum absolute atomic E-state index is 11.1. The fourth-order valence-corrected chi connectivity index (χ4v) is 3.67. The van der Waals surface area contributed by atoms with E-state index in [0.717, 1.165) is 18.6 Å². The first-order valence-corrected chi connectivity index (χ1v) is 11.4. The van der Waals surface area contributed by atoms with E-state index in [1.165, 1.54) is 63.0 Å². The van der Waals surface area contributed by atoms with Crippen molar-refractivity contribution in [3.8, 4) is 17.2 Å². The molecule has 2 aromatic rings. The van der Waals surface area contributed by atoms with Crippen molar-refractivity contribution in [2.75, 3.05) is 0 Å². The minimum Gasteiger partial charge on any atom is -0.506 e. The summed E-state index contributed by atoms with van der Waals surface area (Å²) in [7, 11) is -4.45. The minimum absolute atomic E-state index is 0.292. The van der Waals surface area contributed by atoms with Gasteiger partial charge in [-0.15, -0.1) is 0 Å². The Labute approximate surface area is 168 Å². The minimum atomic E-state index is -4.45. The predicted octanol–water partition coefficient (Wildman–Crippen LogP) is 6.11. The van der Waals surface area contributed by atoms with Gasteiger partial charge in [0.25, 0.3) is 10.1 Å². The lowest BCUT2D eigenvalue weighted by molar-refractivity contribution is 0.433. The topological polar surface area (TPSA) is 83.8 Å². The molecule has 0 heterocycles. The van der Waals surface area contributed by atoms with Crippen LogP contribution >= 0.6 is 0 Å². The summed E-state index contributed by atoms with van der Waals surface area (Å²) in [5.74, 6) is 0.339. The predicted molar refractivity (Wildman–Crippen MR) is 111 cm³/mol. The number of benzene rings is 2. The lowest BCUT2D eigenvalue weighted by atomic mass is 10.0. The highest BCUT2D eigenvalue weighted by Crippen LogP contribution is 2.30. The zero-order chi connectivity index (χ0) is 20.4. The first kappa shape index (κ1) is 22.2. The highest BCUT2D eigenvalue weighted by molar-refractivity contribution is 7.86. The Morgan fingerprint density at radius 1 is 0.821 bits per heavy atom. The molecule has 28 heavy (non-hydrogen) atoms. The molecular weight excluding hydrogens is 376 g/mol. The van der Waals surface area contributed by atoms with Crippen molar-refractivity contribution in [3.05, 3.63) is 48.0 Å². The van der Waals surface area contributed by atoms with E-state index in [0.29, 0.717) is 11.5 Å². The first-order chi connectivity index (χ1) is 13.4. The van der Waals surface area contributed by atoms with Crippen LogP contribution in [0.25, 0.3) is 0 Å². The van der Waals surface area contributed by atoms with Gasteiger partial charge < -0.3 is 9.84 Å². The molecule has 0 atom stereocenters. The van der Waals surface area contributed by atoms with Crippen molar-refractivity contribution < 1.29 is 22.8 Å². The molecule has 154 valence electrons. The van der Waals surface area contributed by atoms with Crippen LogP contribution in [0.15, 0.2) is 47.4 Å². The van der Waals surface area contributed by atoms with Gasteiger partial charge in [0.1, 0.15) is 22.1 Å². The molecule has 5 nitrogen and oxygen atoms in total. The second-order valence-corrected chi connectivity index (χ2v) is 8.47. The second kappa shape index (κ2) is 11.1. The molecule has 0 bridgehead atoms. The smallest absolute Gasteiger partial charge is 0.298 e. The third-order valence-electron chi connectivity index (χ3n) is 4.69. The zero-order valence-corrected chi connectivity index (χ0v) is 17.2. The van der Waals surface area contributed by atoms with Gasteiger partial charge in [-0.2, -0.15) is 8.42 Å². The van der Waals surface area contributed by atoms with Gasteiger partial charge in [-0.05, 0) is 42.7 Å². The average Bonchev–Trinajstić information content (AvgIpc) is 2.64. The Balaban J connectivity index is 1.77. The molecule has 0 unspecified atom stereocenters. The largest absolute Gasteiger partial charge is 0.506 e. The number of rotatable bonds is 12. The summed E-state index contributed by atoms with van der Waals surface area (Å²) in [5, 5.41) is 9.73. The van der Waals surface area contributed by atoms with Gasteiger partial charge in [0, 0.05) is 6.07 Å². The van der Waals surface area contributed by atoms with E-state index in [4.69, 9.17) is 9.29 Å². The van der Waals surface area contributed by atoms with E-state index in [9.17, 15) is 13.5 Å². The summed E-state index contributed by atoms with van der Waals surface area (Å²) in [4.78, 5) is -0.541. The highest BCUT2D eigenvalue weighted by Gasteiger charge is 2.15.